The molecule has 0 aliphatic heterocycles. The van der Waals surface area contributed by atoms with Gasteiger partial charge in [-0.3, -0.25) is 0 Å². The summed E-state index contributed by atoms with van der Waals surface area (Å²) in [5, 5.41) is 3.60. The number of rotatable bonds is 4. The summed E-state index contributed by atoms with van der Waals surface area (Å²) in [4.78, 5) is 0. The van der Waals surface area contributed by atoms with Gasteiger partial charge in [-0.15, -0.1) is 0 Å². The maximum Gasteiger partial charge on any atom is 0.0390 e. The van der Waals surface area contributed by atoms with Crippen LogP contribution in [0.2, 0.25) is 0 Å². The summed E-state index contributed by atoms with van der Waals surface area (Å²) in [7, 11) is 0. The Labute approximate surface area is 97.2 Å². The molecule has 1 aromatic rings. The third kappa shape index (κ3) is 1.66. The number of benzene rings is 1. The molecule has 2 saturated carbocycles. The average Bonchev–Trinajstić information content (AvgIpc) is 3.14. The topological polar surface area (TPSA) is 38.0 Å². The van der Waals surface area contributed by atoms with Crippen LogP contribution in [0.3, 0.4) is 0 Å². The van der Waals surface area contributed by atoms with Crippen LogP contribution in [-0.2, 0) is 0 Å². The highest BCUT2D eigenvalue weighted by molar-refractivity contribution is 5.62. The smallest absolute Gasteiger partial charge is 0.0390 e. The summed E-state index contributed by atoms with van der Waals surface area (Å²) in [6.07, 6.45) is 5.76. The largest absolute Gasteiger partial charge is 0.398 e. The Morgan fingerprint density at radius 2 is 2.12 bits per heavy atom. The van der Waals surface area contributed by atoms with Gasteiger partial charge in [0, 0.05) is 17.9 Å². The first-order valence-electron chi connectivity index (χ1n) is 6.30. The van der Waals surface area contributed by atoms with Crippen molar-refractivity contribution >= 4 is 11.4 Å². The lowest BCUT2D eigenvalue weighted by atomic mass is 10.0. The van der Waals surface area contributed by atoms with Crippen LogP contribution in [-0.4, -0.2) is 6.54 Å². The van der Waals surface area contributed by atoms with E-state index in [1.165, 1.54) is 36.9 Å². The molecular formula is C14H20N2. The lowest BCUT2D eigenvalue weighted by Crippen LogP contribution is -2.18. The van der Waals surface area contributed by atoms with Crippen LogP contribution in [0.15, 0.2) is 18.2 Å². The zero-order valence-corrected chi connectivity index (χ0v) is 9.92. The molecule has 2 aliphatic carbocycles. The highest BCUT2D eigenvalue weighted by atomic mass is 14.9. The number of nitrogens with one attached hydrogen (secondary N) is 1. The van der Waals surface area contributed by atoms with E-state index < -0.39 is 0 Å². The van der Waals surface area contributed by atoms with E-state index in [1.54, 1.807) is 0 Å². The van der Waals surface area contributed by atoms with Crippen LogP contribution >= 0.6 is 0 Å². The fourth-order valence-electron chi connectivity index (χ4n) is 2.70. The van der Waals surface area contributed by atoms with E-state index in [2.05, 4.69) is 18.3 Å². The van der Waals surface area contributed by atoms with Gasteiger partial charge in [-0.2, -0.15) is 0 Å². The minimum Gasteiger partial charge on any atom is -0.398 e. The van der Waals surface area contributed by atoms with Crippen LogP contribution in [0.5, 0.6) is 0 Å². The third-order valence-electron chi connectivity index (χ3n) is 4.34. The van der Waals surface area contributed by atoms with Gasteiger partial charge in [0.25, 0.3) is 0 Å². The van der Waals surface area contributed by atoms with E-state index in [9.17, 15) is 0 Å². The Hall–Kier alpha value is -1.18. The normalized spacial score (nSPS) is 21.8. The molecule has 0 unspecified atom stereocenters. The van der Waals surface area contributed by atoms with Crippen molar-refractivity contribution in [2.75, 3.05) is 17.6 Å². The zero-order chi connectivity index (χ0) is 11.2. The van der Waals surface area contributed by atoms with Crippen molar-refractivity contribution in [3.05, 3.63) is 23.8 Å². The maximum atomic E-state index is 5.91. The van der Waals surface area contributed by atoms with Gasteiger partial charge in [-0.25, -0.2) is 0 Å². The van der Waals surface area contributed by atoms with Gasteiger partial charge in [-0.1, -0.05) is 6.07 Å². The van der Waals surface area contributed by atoms with Gasteiger partial charge in [0.1, 0.15) is 0 Å². The van der Waals surface area contributed by atoms with E-state index in [-0.39, 0.29) is 0 Å². The number of hydrogen-bond donors (Lipinski definition) is 2. The Balaban J connectivity index is 1.68. The predicted octanol–water partition coefficient (Wildman–Crippen LogP) is 3.18. The number of anilines is 2. The first-order chi connectivity index (χ1) is 7.71. The highest BCUT2D eigenvalue weighted by Gasteiger charge is 2.53. The molecule has 86 valence electrons. The summed E-state index contributed by atoms with van der Waals surface area (Å²) < 4.78 is 0. The predicted molar refractivity (Wildman–Crippen MR) is 68.5 cm³/mol. The maximum absolute atomic E-state index is 5.91. The molecule has 16 heavy (non-hydrogen) atoms. The summed E-state index contributed by atoms with van der Waals surface area (Å²) in [6.45, 7) is 3.23. The first-order valence-corrected chi connectivity index (χ1v) is 6.30. The molecule has 0 aromatic heterocycles. The molecule has 2 aliphatic rings. The molecule has 0 saturated heterocycles. The average molecular weight is 216 g/mol. The van der Waals surface area contributed by atoms with Gasteiger partial charge in [0.15, 0.2) is 0 Å². The Morgan fingerprint density at radius 3 is 2.75 bits per heavy atom. The SMILES string of the molecule is Cc1c(N)cccc1NCC1(C2CC2)CC1. The molecule has 1 aromatic carbocycles. The fraction of sp³-hybridized carbons (Fsp3) is 0.571. The Kier molecular flexibility index (Phi) is 2.13. The van der Waals surface area contributed by atoms with E-state index >= 15 is 0 Å². The van der Waals surface area contributed by atoms with Crippen LogP contribution < -0.4 is 11.1 Å². The fourth-order valence-corrected chi connectivity index (χ4v) is 2.70. The van der Waals surface area contributed by atoms with E-state index in [0.717, 1.165) is 18.2 Å². The van der Waals surface area contributed by atoms with Crippen molar-refractivity contribution in [3.8, 4) is 0 Å². The highest BCUT2D eigenvalue weighted by Crippen LogP contribution is 2.61. The van der Waals surface area contributed by atoms with Crippen molar-refractivity contribution in [3.63, 3.8) is 0 Å². The molecule has 2 fully saturated rings. The standard InChI is InChI=1S/C14H20N2/c1-10-12(15)3-2-4-13(10)16-9-14(7-8-14)11-5-6-11/h2-4,11,16H,5-9,15H2,1H3. The van der Waals surface area contributed by atoms with Gasteiger partial charge >= 0.3 is 0 Å². The molecule has 0 heterocycles. The van der Waals surface area contributed by atoms with E-state index in [1.807, 2.05) is 12.1 Å². The van der Waals surface area contributed by atoms with Crippen molar-refractivity contribution in [1.82, 2.24) is 0 Å². The second-order valence-corrected chi connectivity index (χ2v) is 5.51. The van der Waals surface area contributed by atoms with E-state index in [4.69, 9.17) is 5.73 Å². The van der Waals surface area contributed by atoms with E-state index in [0.29, 0.717) is 5.41 Å². The molecule has 0 radical (unpaired) electrons. The molecule has 2 nitrogen and oxygen atoms in total. The molecule has 0 amide bonds. The molecule has 0 spiro atoms. The molecule has 0 bridgehead atoms. The molecule has 0 atom stereocenters. The number of nitrogens with two attached hydrogens (primary N) is 1. The summed E-state index contributed by atoms with van der Waals surface area (Å²) >= 11 is 0. The lowest BCUT2D eigenvalue weighted by molar-refractivity contribution is 0.467. The minimum atomic E-state index is 0.650. The molecule has 3 rings (SSSR count). The quantitative estimate of drug-likeness (QED) is 0.759. The second kappa shape index (κ2) is 3.41. The van der Waals surface area contributed by atoms with Gasteiger partial charge < -0.3 is 11.1 Å². The lowest BCUT2D eigenvalue weighted by Gasteiger charge is -2.17. The summed E-state index contributed by atoms with van der Waals surface area (Å²) in [6, 6.07) is 6.13. The summed E-state index contributed by atoms with van der Waals surface area (Å²) in [5.74, 6) is 1.02. The van der Waals surface area contributed by atoms with Gasteiger partial charge in [0.2, 0.25) is 0 Å². The zero-order valence-electron chi connectivity index (χ0n) is 9.92. The van der Waals surface area contributed by atoms with Crippen LogP contribution in [0, 0.1) is 18.3 Å². The molecule has 2 heteroatoms. The second-order valence-electron chi connectivity index (χ2n) is 5.51. The number of hydrogen-bond acceptors (Lipinski definition) is 2. The van der Waals surface area contributed by atoms with Crippen molar-refractivity contribution in [2.24, 2.45) is 11.3 Å². The summed E-state index contributed by atoms with van der Waals surface area (Å²) in [5.41, 5.74) is 9.85. The van der Waals surface area contributed by atoms with Crippen molar-refractivity contribution in [2.45, 2.75) is 32.6 Å². The van der Waals surface area contributed by atoms with Crippen molar-refractivity contribution < 1.29 is 0 Å². The van der Waals surface area contributed by atoms with Crippen LogP contribution in [0.4, 0.5) is 11.4 Å². The van der Waals surface area contributed by atoms with Gasteiger partial charge in [0.05, 0.1) is 0 Å². The Bertz CT molecular complexity index is 403. The third-order valence-corrected chi connectivity index (χ3v) is 4.34. The first kappa shape index (κ1) is 10.0. The minimum absolute atomic E-state index is 0.650. The molecule has 3 N–H and O–H groups in total. The number of nitrogen functional groups attached to an aromatic ring is 1. The van der Waals surface area contributed by atoms with Crippen molar-refractivity contribution in [1.29, 1.82) is 0 Å². The monoisotopic (exact) mass is 216 g/mol. The van der Waals surface area contributed by atoms with Crippen LogP contribution in [0.25, 0.3) is 0 Å². The molecular weight excluding hydrogens is 196 g/mol. The Morgan fingerprint density at radius 1 is 1.38 bits per heavy atom. The van der Waals surface area contributed by atoms with Crippen LogP contribution in [0.1, 0.15) is 31.2 Å². The van der Waals surface area contributed by atoms with Gasteiger partial charge in [-0.05, 0) is 61.6 Å².